The fourth-order valence-corrected chi connectivity index (χ4v) is 1.60. The normalized spacial score (nSPS) is 36.3. The third kappa shape index (κ3) is 0.864. The fourth-order valence-electron chi connectivity index (χ4n) is 1.60. The minimum atomic E-state index is 0.748. The lowest BCUT2D eigenvalue weighted by Gasteiger charge is -2.40. The molecule has 1 saturated carbocycles. The predicted molar refractivity (Wildman–Crippen MR) is 37.2 cm³/mol. The molecule has 9 heavy (non-hydrogen) atoms. The van der Waals surface area contributed by atoms with Gasteiger partial charge in [-0.05, 0) is 19.3 Å². The average molecular weight is 126 g/mol. The van der Waals surface area contributed by atoms with Gasteiger partial charge in [-0.1, -0.05) is 0 Å². The van der Waals surface area contributed by atoms with Gasteiger partial charge in [0, 0.05) is 25.2 Å². The zero-order chi connectivity index (χ0) is 6.27. The van der Waals surface area contributed by atoms with Crippen LogP contribution in [0.4, 0.5) is 0 Å². The molecule has 1 aliphatic carbocycles. The van der Waals surface area contributed by atoms with Crippen LogP contribution >= 0.6 is 0 Å². The molecule has 1 atom stereocenters. The monoisotopic (exact) mass is 126 g/mol. The van der Waals surface area contributed by atoms with Gasteiger partial charge < -0.3 is 5.73 Å². The molecule has 2 nitrogen and oxygen atoms in total. The second-order valence-electron chi connectivity index (χ2n) is 3.15. The lowest BCUT2D eigenvalue weighted by Crippen LogP contribution is -2.52. The zero-order valence-electron chi connectivity index (χ0n) is 5.71. The van der Waals surface area contributed by atoms with E-state index in [1.54, 1.807) is 0 Å². The van der Waals surface area contributed by atoms with Gasteiger partial charge in [0.25, 0.3) is 0 Å². The van der Waals surface area contributed by atoms with Crippen molar-refractivity contribution in [1.29, 1.82) is 0 Å². The van der Waals surface area contributed by atoms with E-state index in [1.807, 2.05) is 0 Å². The van der Waals surface area contributed by atoms with Crippen molar-refractivity contribution < 1.29 is 0 Å². The maximum absolute atomic E-state index is 5.55. The van der Waals surface area contributed by atoms with Gasteiger partial charge in [0.05, 0.1) is 0 Å². The SMILES string of the molecule is NC[C@H]1CCN1C1CC1. The largest absolute Gasteiger partial charge is 0.329 e. The Kier molecular flexibility index (Phi) is 1.24. The van der Waals surface area contributed by atoms with E-state index in [1.165, 1.54) is 25.8 Å². The standard InChI is InChI=1S/C7H14N2/c8-5-7-3-4-9(7)6-1-2-6/h6-7H,1-5,8H2/t7-/m1/s1. The van der Waals surface area contributed by atoms with Crippen LogP contribution in [0.1, 0.15) is 19.3 Å². The smallest absolute Gasteiger partial charge is 0.0233 e. The molecular weight excluding hydrogens is 112 g/mol. The van der Waals surface area contributed by atoms with Crippen molar-refractivity contribution in [3.8, 4) is 0 Å². The highest BCUT2D eigenvalue weighted by molar-refractivity contribution is 4.94. The molecule has 1 heterocycles. The first-order chi connectivity index (χ1) is 4.42. The first-order valence-corrected chi connectivity index (χ1v) is 3.87. The Morgan fingerprint density at radius 2 is 2.11 bits per heavy atom. The maximum Gasteiger partial charge on any atom is 0.0233 e. The summed E-state index contributed by atoms with van der Waals surface area (Å²) in [4.78, 5) is 2.56. The number of nitrogens with two attached hydrogens (primary N) is 1. The van der Waals surface area contributed by atoms with E-state index in [-0.39, 0.29) is 0 Å². The van der Waals surface area contributed by atoms with Gasteiger partial charge in [-0.3, -0.25) is 4.90 Å². The molecule has 0 unspecified atom stereocenters. The molecule has 2 aliphatic rings. The van der Waals surface area contributed by atoms with Gasteiger partial charge >= 0.3 is 0 Å². The Morgan fingerprint density at radius 3 is 2.44 bits per heavy atom. The highest BCUT2D eigenvalue weighted by Crippen LogP contribution is 2.33. The van der Waals surface area contributed by atoms with Gasteiger partial charge in [-0.25, -0.2) is 0 Å². The number of hydrogen-bond acceptors (Lipinski definition) is 2. The van der Waals surface area contributed by atoms with Crippen molar-refractivity contribution in [2.45, 2.75) is 31.3 Å². The van der Waals surface area contributed by atoms with Crippen LogP contribution in [0.2, 0.25) is 0 Å². The van der Waals surface area contributed by atoms with Gasteiger partial charge in [-0.15, -0.1) is 0 Å². The van der Waals surface area contributed by atoms with Crippen molar-refractivity contribution in [3.05, 3.63) is 0 Å². The Bertz CT molecular complexity index is 107. The summed E-state index contributed by atoms with van der Waals surface area (Å²) >= 11 is 0. The Hall–Kier alpha value is -0.0800. The van der Waals surface area contributed by atoms with Crippen molar-refractivity contribution in [2.24, 2.45) is 5.73 Å². The van der Waals surface area contributed by atoms with Gasteiger partial charge in [0.1, 0.15) is 0 Å². The highest BCUT2D eigenvalue weighted by atomic mass is 15.3. The Labute approximate surface area is 56.0 Å². The molecule has 2 rings (SSSR count). The van der Waals surface area contributed by atoms with Gasteiger partial charge in [-0.2, -0.15) is 0 Å². The van der Waals surface area contributed by atoms with E-state index in [4.69, 9.17) is 5.73 Å². The molecule has 0 bridgehead atoms. The molecule has 0 aromatic rings. The van der Waals surface area contributed by atoms with E-state index in [0.717, 1.165) is 18.6 Å². The Balaban J connectivity index is 1.83. The number of hydrogen-bond donors (Lipinski definition) is 1. The van der Waals surface area contributed by atoms with Crippen molar-refractivity contribution in [1.82, 2.24) is 4.90 Å². The first-order valence-electron chi connectivity index (χ1n) is 3.87. The number of likely N-dealkylation sites (tertiary alicyclic amines) is 1. The van der Waals surface area contributed by atoms with Crippen LogP contribution in [0.5, 0.6) is 0 Å². The molecule has 1 aliphatic heterocycles. The Morgan fingerprint density at radius 1 is 1.33 bits per heavy atom. The summed E-state index contributed by atoms with van der Waals surface area (Å²) in [5, 5.41) is 0. The average Bonchev–Trinajstić information content (AvgIpc) is 2.48. The van der Waals surface area contributed by atoms with Crippen molar-refractivity contribution >= 4 is 0 Å². The minimum Gasteiger partial charge on any atom is -0.329 e. The van der Waals surface area contributed by atoms with Crippen LogP contribution in [0.3, 0.4) is 0 Å². The summed E-state index contributed by atoms with van der Waals surface area (Å²) in [6, 6.07) is 1.68. The second kappa shape index (κ2) is 1.96. The molecule has 0 radical (unpaired) electrons. The van der Waals surface area contributed by atoms with Crippen LogP contribution in [-0.4, -0.2) is 30.1 Å². The second-order valence-corrected chi connectivity index (χ2v) is 3.15. The minimum absolute atomic E-state index is 0.748. The predicted octanol–water partition coefficient (Wildman–Crippen LogP) is 0.182. The van der Waals surface area contributed by atoms with Crippen molar-refractivity contribution in [2.75, 3.05) is 13.1 Å². The number of rotatable bonds is 2. The van der Waals surface area contributed by atoms with Crippen LogP contribution in [0.15, 0.2) is 0 Å². The van der Waals surface area contributed by atoms with Crippen molar-refractivity contribution in [3.63, 3.8) is 0 Å². The maximum atomic E-state index is 5.55. The lowest BCUT2D eigenvalue weighted by molar-refractivity contribution is 0.0876. The van der Waals surface area contributed by atoms with E-state index in [0.29, 0.717) is 0 Å². The zero-order valence-corrected chi connectivity index (χ0v) is 5.71. The molecule has 0 spiro atoms. The van der Waals surface area contributed by atoms with Gasteiger partial charge in [0.2, 0.25) is 0 Å². The summed E-state index contributed by atoms with van der Waals surface area (Å²) in [6.45, 7) is 2.18. The quantitative estimate of drug-likeness (QED) is 0.572. The van der Waals surface area contributed by atoms with Crippen LogP contribution in [-0.2, 0) is 0 Å². The first kappa shape index (κ1) is 5.69. The molecule has 2 heteroatoms. The number of nitrogens with zero attached hydrogens (tertiary/aromatic N) is 1. The molecule has 2 fully saturated rings. The fraction of sp³-hybridized carbons (Fsp3) is 1.00. The molecule has 0 aromatic carbocycles. The third-order valence-electron chi connectivity index (χ3n) is 2.48. The van der Waals surface area contributed by atoms with E-state index < -0.39 is 0 Å². The summed E-state index contributed by atoms with van der Waals surface area (Å²) in [5.41, 5.74) is 5.55. The van der Waals surface area contributed by atoms with Crippen LogP contribution in [0.25, 0.3) is 0 Å². The summed E-state index contributed by atoms with van der Waals surface area (Å²) < 4.78 is 0. The molecule has 1 saturated heterocycles. The van der Waals surface area contributed by atoms with E-state index >= 15 is 0 Å². The van der Waals surface area contributed by atoms with E-state index in [9.17, 15) is 0 Å². The molecule has 0 aromatic heterocycles. The lowest BCUT2D eigenvalue weighted by atomic mass is 10.0. The topological polar surface area (TPSA) is 29.3 Å². The molecule has 52 valence electrons. The van der Waals surface area contributed by atoms with Crippen LogP contribution in [0, 0.1) is 0 Å². The molecule has 0 amide bonds. The van der Waals surface area contributed by atoms with Gasteiger partial charge in [0.15, 0.2) is 0 Å². The molecular formula is C7H14N2. The summed E-state index contributed by atoms with van der Waals surface area (Å²) in [7, 11) is 0. The highest BCUT2D eigenvalue weighted by Gasteiger charge is 2.38. The summed E-state index contributed by atoms with van der Waals surface area (Å²) in [5.74, 6) is 0. The summed E-state index contributed by atoms with van der Waals surface area (Å²) in [6.07, 6.45) is 4.19. The molecule has 2 N–H and O–H groups in total. The van der Waals surface area contributed by atoms with E-state index in [2.05, 4.69) is 4.90 Å². The third-order valence-corrected chi connectivity index (χ3v) is 2.48. The van der Waals surface area contributed by atoms with Crippen LogP contribution < -0.4 is 5.73 Å².